The third-order valence-corrected chi connectivity index (χ3v) is 3.53. The molecule has 0 amide bonds. The van der Waals surface area contributed by atoms with Gasteiger partial charge < -0.3 is 9.72 Å². The minimum Gasteiger partial charge on any atom is -0.496 e. The maximum Gasteiger partial charge on any atom is 0.255 e. The highest BCUT2D eigenvalue weighted by molar-refractivity contribution is 7.98. The molecule has 0 spiro atoms. The standard InChI is InChI=1S/C14H16N2O2S/c1-9-11(13(17)16-14(15-9)19-3)8-10-6-4-5-7-12(10)18-2/h4-7H,8H2,1-3H3,(H,15,16,17). The molecule has 0 bridgehead atoms. The van der Waals surface area contributed by atoms with Crippen molar-refractivity contribution in [3.63, 3.8) is 0 Å². The summed E-state index contributed by atoms with van der Waals surface area (Å²) in [4.78, 5) is 19.2. The number of para-hydroxylation sites is 1. The molecule has 0 atom stereocenters. The largest absolute Gasteiger partial charge is 0.496 e. The molecule has 0 radical (unpaired) electrons. The van der Waals surface area contributed by atoms with E-state index in [0.29, 0.717) is 17.1 Å². The van der Waals surface area contributed by atoms with Crippen LogP contribution in [0.15, 0.2) is 34.2 Å². The quantitative estimate of drug-likeness (QED) is 0.688. The molecule has 1 aromatic carbocycles. The molecule has 100 valence electrons. The molecule has 0 aliphatic heterocycles. The second-order valence-electron chi connectivity index (χ2n) is 4.13. The molecule has 2 aromatic rings. The van der Waals surface area contributed by atoms with E-state index >= 15 is 0 Å². The lowest BCUT2D eigenvalue weighted by atomic mass is 10.0. The summed E-state index contributed by atoms with van der Waals surface area (Å²) in [6, 6.07) is 7.70. The van der Waals surface area contributed by atoms with Crippen LogP contribution < -0.4 is 10.3 Å². The first-order valence-electron chi connectivity index (χ1n) is 5.91. The van der Waals surface area contributed by atoms with Gasteiger partial charge >= 0.3 is 0 Å². The predicted molar refractivity (Wildman–Crippen MR) is 77.2 cm³/mol. The normalized spacial score (nSPS) is 10.5. The predicted octanol–water partition coefficient (Wildman–Crippen LogP) is 2.40. The van der Waals surface area contributed by atoms with Crippen LogP contribution in [0.2, 0.25) is 0 Å². The Morgan fingerprint density at radius 2 is 2.11 bits per heavy atom. The van der Waals surface area contributed by atoms with Crippen molar-refractivity contribution >= 4 is 11.8 Å². The number of rotatable bonds is 4. The van der Waals surface area contributed by atoms with Gasteiger partial charge in [0, 0.05) is 17.7 Å². The van der Waals surface area contributed by atoms with Gasteiger partial charge in [-0.2, -0.15) is 0 Å². The molecule has 0 fully saturated rings. The SMILES string of the molecule is COc1ccccc1Cc1c(C)nc(SC)[nH]c1=O. The van der Waals surface area contributed by atoms with Crippen LogP contribution in [0.1, 0.15) is 16.8 Å². The van der Waals surface area contributed by atoms with Crippen LogP contribution in [-0.2, 0) is 6.42 Å². The molecule has 0 aliphatic carbocycles. The molecule has 0 aliphatic rings. The van der Waals surface area contributed by atoms with Gasteiger partial charge in [-0.15, -0.1) is 0 Å². The van der Waals surface area contributed by atoms with Crippen molar-refractivity contribution in [3.8, 4) is 5.75 Å². The van der Waals surface area contributed by atoms with E-state index in [9.17, 15) is 4.79 Å². The second kappa shape index (κ2) is 5.93. The van der Waals surface area contributed by atoms with Crippen molar-refractivity contribution in [1.82, 2.24) is 9.97 Å². The Bertz CT molecular complexity index is 638. The molecule has 1 N–H and O–H groups in total. The Balaban J connectivity index is 2.41. The minimum absolute atomic E-state index is 0.0808. The van der Waals surface area contributed by atoms with Gasteiger partial charge in [0.05, 0.1) is 7.11 Å². The number of aromatic amines is 1. The minimum atomic E-state index is -0.0808. The number of ether oxygens (including phenoxy) is 1. The van der Waals surface area contributed by atoms with Crippen LogP contribution in [0.5, 0.6) is 5.75 Å². The van der Waals surface area contributed by atoms with E-state index in [-0.39, 0.29) is 5.56 Å². The summed E-state index contributed by atoms with van der Waals surface area (Å²) in [6.45, 7) is 1.86. The van der Waals surface area contributed by atoms with Crippen molar-refractivity contribution < 1.29 is 4.74 Å². The van der Waals surface area contributed by atoms with Crippen molar-refractivity contribution in [2.24, 2.45) is 0 Å². The number of nitrogens with one attached hydrogen (secondary N) is 1. The van der Waals surface area contributed by atoms with Crippen molar-refractivity contribution in [3.05, 3.63) is 51.4 Å². The van der Waals surface area contributed by atoms with E-state index in [1.54, 1.807) is 7.11 Å². The molecule has 0 saturated heterocycles. The topological polar surface area (TPSA) is 55.0 Å². The van der Waals surface area contributed by atoms with Crippen LogP contribution in [0.3, 0.4) is 0 Å². The first kappa shape index (κ1) is 13.7. The Hall–Kier alpha value is -1.75. The maximum absolute atomic E-state index is 12.1. The number of thioether (sulfide) groups is 1. The Kier molecular flexibility index (Phi) is 4.27. The highest BCUT2D eigenvalue weighted by Gasteiger charge is 2.11. The fourth-order valence-corrected chi connectivity index (χ4v) is 2.35. The molecule has 19 heavy (non-hydrogen) atoms. The first-order chi connectivity index (χ1) is 9.15. The smallest absolute Gasteiger partial charge is 0.255 e. The molecule has 0 unspecified atom stereocenters. The summed E-state index contributed by atoms with van der Waals surface area (Å²) in [6.07, 6.45) is 2.41. The van der Waals surface area contributed by atoms with Gasteiger partial charge in [0.25, 0.3) is 5.56 Å². The van der Waals surface area contributed by atoms with Gasteiger partial charge in [-0.1, -0.05) is 30.0 Å². The molecule has 1 heterocycles. The van der Waals surface area contributed by atoms with Gasteiger partial charge in [-0.3, -0.25) is 4.79 Å². The van der Waals surface area contributed by atoms with E-state index < -0.39 is 0 Å². The molecule has 2 rings (SSSR count). The van der Waals surface area contributed by atoms with Crippen molar-refractivity contribution in [2.75, 3.05) is 13.4 Å². The molecular weight excluding hydrogens is 260 g/mol. The molecule has 4 nitrogen and oxygen atoms in total. The second-order valence-corrected chi connectivity index (χ2v) is 4.92. The third kappa shape index (κ3) is 2.98. The summed E-state index contributed by atoms with van der Waals surface area (Å²) in [7, 11) is 1.63. The number of hydrogen-bond acceptors (Lipinski definition) is 4. The van der Waals surface area contributed by atoms with Crippen molar-refractivity contribution in [1.29, 1.82) is 0 Å². The van der Waals surface area contributed by atoms with E-state index in [0.717, 1.165) is 17.0 Å². The number of methoxy groups -OCH3 is 1. The van der Waals surface area contributed by atoms with Gasteiger partial charge in [0.1, 0.15) is 5.75 Å². The first-order valence-corrected chi connectivity index (χ1v) is 7.14. The summed E-state index contributed by atoms with van der Waals surface area (Å²) in [5.41, 5.74) is 2.35. The van der Waals surface area contributed by atoms with Gasteiger partial charge in [-0.05, 0) is 24.8 Å². The zero-order chi connectivity index (χ0) is 13.8. The number of nitrogens with zero attached hydrogens (tertiary/aromatic N) is 1. The van der Waals surface area contributed by atoms with E-state index in [4.69, 9.17) is 4.74 Å². The monoisotopic (exact) mass is 276 g/mol. The fraction of sp³-hybridized carbons (Fsp3) is 0.286. The van der Waals surface area contributed by atoms with E-state index in [1.165, 1.54) is 11.8 Å². The molecule has 5 heteroatoms. The van der Waals surface area contributed by atoms with E-state index in [1.807, 2.05) is 37.4 Å². The summed E-state index contributed by atoms with van der Waals surface area (Å²) >= 11 is 1.43. The summed E-state index contributed by atoms with van der Waals surface area (Å²) in [5, 5.41) is 0.645. The zero-order valence-corrected chi connectivity index (χ0v) is 12.0. The third-order valence-electron chi connectivity index (χ3n) is 2.95. The average Bonchev–Trinajstić information content (AvgIpc) is 2.43. The number of benzene rings is 1. The van der Waals surface area contributed by atoms with Gasteiger partial charge in [-0.25, -0.2) is 4.98 Å². The maximum atomic E-state index is 12.1. The van der Waals surface area contributed by atoms with Crippen molar-refractivity contribution in [2.45, 2.75) is 18.5 Å². The fourth-order valence-electron chi connectivity index (χ4n) is 1.93. The highest BCUT2D eigenvalue weighted by Crippen LogP contribution is 2.21. The van der Waals surface area contributed by atoms with Crippen LogP contribution >= 0.6 is 11.8 Å². The lowest BCUT2D eigenvalue weighted by Gasteiger charge is -2.09. The van der Waals surface area contributed by atoms with Crippen LogP contribution in [0.4, 0.5) is 0 Å². The number of aromatic nitrogens is 2. The Labute approximate surface area is 116 Å². The number of hydrogen-bond donors (Lipinski definition) is 1. The van der Waals surface area contributed by atoms with Crippen LogP contribution in [0, 0.1) is 6.92 Å². The zero-order valence-electron chi connectivity index (χ0n) is 11.2. The Morgan fingerprint density at radius 1 is 1.37 bits per heavy atom. The van der Waals surface area contributed by atoms with Gasteiger partial charge in [0.15, 0.2) is 5.16 Å². The van der Waals surface area contributed by atoms with Gasteiger partial charge in [0.2, 0.25) is 0 Å². The molecule has 0 saturated carbocycles. The average molecular weight is 276 g/mol. The summed E-state index contributed by atoms with van der Waals surface area (Å²) < 4.78 is 5.31. The Morgan fingerprint density at radius 3 is 2.74 bits per heavy atom. The lowest BCUT2D eigenvalue weighted by molar-refractivity contribution is 0.410. The van der Waals surface area contributed by atoms with E-state index in [2.05, 4.69) is 9.97 Å². The molecular formula is C14H16N2O2S. The molecule has 1 aromatic heterocycles. The van der Waals surface area contributed by atoms with Crippen LogP contribution in [-0.4, -0.2) is 23.3 Å². The van der Waals surface area contributed by atoms with Crippen LogP contribution in [0.25, 0.3) is 0 Å². The summed E-state index contributed by atoms with van der Waals surface area (Å²) in [5.74, 6) is 0.787. The number of H-pyrrole nitrogens is 1. The lowest BCUT2D eigenvalue weighted by Crippen LogP contribution is -2.17. The number of aryl methyl sites for hydroxylation is 1. The highest BCUT2D eigenvalue weighted by atomic mass is 32.2.